The van der Waals surface area contributed by atoms with Crippen molar-refractivity contribution >= 4 is 0 Å². The smallest absolute Gasteiger partial charge is 0.0492 e. The third-order valence-corrected chi connectivity index (χ3v) is 4.17. The Morgan fingerprint density at radius 2 is 2.24 bits per heavy atom. The van der Waals surface area contributed by atoms with Crippen LogP contribution < -0.4 is 5.32 Å². The first-order valence-corrected chi connectivity index (χ1v) is 6.93. The van der Waals surface area contributed by atoms with Gasteiger partial charge in [-0.05, 0) is 44.7 Å². The summed E-state index contributed by atoms with van der Waals surface area (Å²) in [7, 11) is 4.15. The molecule has 1 fully saturated rings. The lowest BCUT2D eigenvalue weighted by molar-refractivity contribution is 0.378. The van der Waals surface area contributed by atoms with Gasteiger partial charge in [-0.25, -0.2) is 0 Å². The van der Waals surface area contributed by atoms with Gasteiger partial charge in [-0.1, -0.05) is 19.3 Å². The Hall–Kier alpha value is -0.830. The Balaban J connectivity index is 1.83. The second-order valence-electron chi connectivity index (χ2n) is 5.36. The number of rotatable bonds is 4. The van der Waals surface area contributed by atoms with Crippen LogP contribution in [0.25, 0.3) is 0 Å². The SMILES string of the molecule is CNC1CCCCC(CCc2ccnn2C)C1. The van der Waals surface area contributed by atoms with Crippen LogP contribution in [0.1, 0.15) is 44.2 Å². The minimum absolute atomic E-state index is 0.744. The molecule has 0 amide bonds. The van der Waals surface area contributed by atoms with Gasteiger partial charge in [0.25, 0.3) is 0 Å². The van der Waals surface area contributed by atoms with Crippen molar-refractivity contribution < 1.29 is 0 Å². The van der Waals surface area contributed by atoms with E-state index in [0.717, 1.165) is 12.0 Å². The van der Waals surface area contributed by atoms with Crippen molar-refractivity contribution in [3.05, 3.63) is 18.0 Å². The molecular formula is C14H25N3. The molecule has 0 spiro atoms. The molecule has 1 aromatic heterocycles. The largest absolute Gasteiger partial charge is 0.317 e. The van der Waals surface area contributed by atoms with E-state index in [1.807, 2.05) is 17.9 Å². The number of aryl methyl sites for hydroxylation is 2. The maximum absolute atomic E-state index is 4.23. The molecule has 0 radical (unpaired) electrons. The molecule has 0 aliphatic heterocycles. The van der Waals surface area contributed by atoms with Gasteiger partial charge in [0.05, 0.1) is 0 Å². The standard InChI is InChI=1S/C14H25N3/c1-15-13-6-4-3-5-12(11-13)7-8-14-9-10-16-17(14)2/h9-10,12-13,15H,3-8,11H2,1-2H3. The second-order valence-corrected chi connectivity index (χ2v) is 5.36. The summed E-state index contributed by atoms with van der Waals surface area (Å²) >= 11 is 0. The summed E-state index contributed by atoms with van der Waals surface area (Å²) < 4.78 is 2.01. The minimum atomic E-state index is 0.744. The molecule has 1 saturated carbocycles. The van der Waals surface area contributed by atoms with Crippen LogP contribution in [0.3, 0.4) is 0 Å². The molecule has 1 N–H and O–H groups in total. The van der Waals surface area contributed by atoms with Crippen LogP contribution in [-0.2, 0) is 13.5 Å². The van der Waals surface area contributed by atoms with Gasteiger partial charge in [-0.3, -0.25) is 4.68 Å². The summed E-state index contributed by atoms with van der Waals surface area (Å²) in [6.45, 7) is 0. The summed E-state index contributed by atoms with van der Waals surface area (Å²) in [6, 6.07) is 2.89. The lowest BCUT2D eigenvalue weighted by Gasteiger charge is -2.19. The van der Waals surface area contributed by atoms with Gasteiger partial charge < -0.3 is 5.32 Å². The number of nitrogens with zero attached hydrogens (tertiary/aromatic N) is 2. The molecule has 0 aromatic carbocycles. The zero-order valence-electron chi connectivity index (χ0n) is 11.2. The van der Waals surface area contributed by atoms with Crippen molar-refractivity contribution in [3.8, 4) is 0 Å². The van der Waals surface area contributed by atoms with Crippen molar-refractivity contribution in [2.75, 3.05) is 7.05 Å². The first kappa shape index (κ1) is 12.6. The summed E-state index contributed by atoms with van der Waals surface area (Å²) in [4.78, 5) is 0. The average molecular weight is 235 g/mol. The number of nitrogens with one attached hydrogen (secondary N) is 1. The zero-order chi connectivity index (χ0) is 12.1. The van der Waals surface area contributed by atoms with Gasteiger partial charge in [-0.15, -0.1) is 0 Å². The van der Waals surface area contributed by atoms with Crippen LogP contribution in [0.15, 0.2) is 12.3 Å². The number of hydrogen-bond acceptors (Lipinski definition) is 2. The highest BCUT2D eigenvalue weighted by molar-refractivity contribution is 5.00. The van der Waals surface area contributed by atoms with Gasteiger partial charge in [0, 0.05) is 25.0 Å². The lowest BCUT2D eigenvalue weighted by Crippen LogP contribution is -2.26. The Kier molecular flexibility index (Phi) is 4.60. The van der Waals surface area contributed by atoms with E-state index in [1.165, 1.54) is 50.6 Å². The van der Waals surface area contributed by atoms with E-state index in [1.54, 1.807) is 0 Å². The number of hydrogen-bond donors (Lipinski definition) is 1. The lowest BCUT2D eigenvalue weighted by atomic mass is 9.92. The zero-order valence-corrected chi connectivity index (χ0v) is 11.2. The Labute approximate surface area is 105 Å². The summed E-state index contributed by atoms with van der Waals surface area (Å²) in [6.07, 6.45) is 11.3. The molecule has 1 aliphatic rings. The number of aromatic nitrogens is 2. The van der Waals surface area contributed by atoms with Crippen LogP contribution in [0, 0.1) is 5.92 Å². The van der Waals surface area contributed by atoms with Crippen LogP contribution in [0.2, 0.25) is 0 Å². The van der Waals surface area contributed by atoms with Gasteiger partial charge in [0.2, 0.25) is 0 Å². The summed E-state index contributed by atoms with van der Waals surface area (Å²) in [5, 5.41) is 7.70. The molecule has 1 aliphatic carbocycles. The highest BCUT2D eigenvalue weighted by Gasteiger charge is 2.19. The average Bonchev–Trinajstić information content (AvgIpc) is 2.62. The normalized spacial score (nSPS) is 25.8. The molecule has 3 heteroatoms. The third-order valence-electron chi connectivity index (χ3n) is 4.17. The topological polar surface area (TPSA) is 29.9 Å². The van der Waals surface area contributed by atoms with Crippen LogP contribution >= 0.6 is 0 Å². The van der Waals surface area contributed by atoms with E-state index in [4.69, 9.17) is 0 Å². The van der Waals surface area contributed by atoms with Crippen molar-refractivity contribution in [2.45, 2.75) is 51.0 Å². The fraction of sp³-hybridized carbons (Fsp3) is 0.786. The van der Waals surface area contributed by atoms with Crippen molar-refractivity contribution in [1.82, 2.24) is 15.1 Å². The van der Waals surface area contributed by atoms with E-state index in [9.17, 15) is 0 Å². The molecule has 2 atom stereocenters. The molecule has 0 bridgehead atoms. The predicted molar refractivity (Wildman–Crippen MR) is 71.0 cm³/mol. The van der Waals surface area contributed by atoms with Crippen LogP contribution in [-0.4, -0.2) is 22.9 Å². The molecule has 0 saturated heterocycles. The highest BCUT2D eigenvalue weighted by atomic mass is 15.2. The molecule has 3 nitrogen and oxygen atoms in total. The minimum Gasteiger partial charge on any atom is -0.317 e. The van der Waals surface area contributed by atoms with Crippen molar-refractivity contribution in [3.63, 3.8) is 0 Å². The van der Waals surface area contributed by atoms with E-state index in [0.29, 0.717) is 0 Å². The Bertz CT molecular complexity index is 332. The van der Waals surface area contributed by atoms with E-state index in [-0.39, 0.29) is 0 Å². The molecule has 1 aromatic rings. The van der Waals surface area contributed by atoms with Gasteiger partial charge >= 0.3 is 0 Å². The predicted octanol–water partition coefficient (Wildman–Crippen LogP) is 2.52. The fourth-order valence-corrected chi connectivity index (χ4v) is 2.98. The van der Waals surface area contributed by atoms with Crippen molar-refractivity contribution in [2.24, 2.45) is 13.0 Å². The quantitative estimate of drug-likeness (QED) is 0.813. The second kappa shape index (κ2) is 6.20. The highest BCUT2D eigenvalue weighted by Crippen LogP contribution is 2.26. The van der Waals surface area contributed by atoms with Crippen LogP contribution in [0.5, 0.6) is 0 Å². The van der Waals surface area contributed by atoms with E-state index in [2.05, 4.69) is 23.5 Å². The molecule has 17 heavy (non-hydrogen) atoms. The van der Waals surface area contributed by atoms with Gasteiger partial charge in [0.1, 0.15) is 0 Å². The molecule has 2 unspecified atom stereocenters. The molecular weight excluding hydrogens is 210 g/mol. The van der Waals surface area contributed by atoms with Gasteiger partial charge in [0.15, 0.2) is 0 Å². The van der Waals surface area contributed by atoms with Gasteiger partial charge in [-0.2, -0.15) is 5.10 Å². The molecule has 96 valence electrons. The van der Waals surface area contributed by atoms with Crippen LogP contribution in [0.4, 0.5) is 0 Å². The fourth-order valence-electron chi connectivity index (χ4n) is 2.98. The monoisotopic (exact) mass is 235 g/mol. The summed E-state index contributed by atoms with van der Waals surface area (Å²) in [5.41, 5.74) is 1.37. The molecule has 2 rings (SSSR count). The maximum Gasteiger partial charge on any atom is 0.0492 e. The molecule has 1 heterocycles. The Morgan fingerprint density at radius 1 is 1.41 bits per heavy atom. The maximum atomic E-state index is 4.23. The Morgan fingerprint density at radius 3 is 2.94 bits per heavy atom. The first-order valence-electron chi connectivity index (χ1n) is 6.93. The first-order chi connectivity index (χ1) is 8.29. The van der Waals surface area contributed by atoms with E-state index < -0.39 is 0 Å². The summed E-state index contributed by atoms with van der Waals surface area (Å²) in [5.74, 6) is 0.893. The third kappa shape index (κ3) is 3.56. The van der Waals surface area contributed by atoms with E-state index >= 15 is 0 Å². The van der Waals surface area contributed by atoms with Crippen molar-refractivity contribution in [1.29, 1.82) is 0 Å².